The quantitative estimate of drug-likeness (QED) is 0.591. The van der Waals surface area contributed by atoms with Gasteiger partial charge in [-0.05, 0) is 16.7 Å². The summed E-state index contributed by atoms with van der Waals surface area (Å²) in [5.41, 5.74) is 2.92. The molecule has 84 valence electrons. The molecule has 0 unspecified atom stereocenters. The van der Waals surface area contributed by atoms with Crippen molar-refractivity contribution in [1.29, 1.82) is 0 Å². The van der Waals surface area contributed by atoms with Crippen molar-refractivity contribution in [2.45, 2.75) is 5.92 Å². The summed E-state index contributed by atoms with van der Waals surface area (Å²) in [6, 6.07) is 17.4. The van der Waals surface area contributed by atoms with Crippen molar-refractivity contribution in [3.8, 4) is 11.1 Å². The van der Waals surface area contributed by atoms with Gasteiger partial charge in [-0.1, -0.05) is 54.6 Å². The second kappa shape index (κ2) is 5.21. The molecule has 0 saturated carbocycles. The van der Waals surface area contributed by atoms with Crippen molar-refractivity contribution in [1.82, 2.24) is 0 Å². The predicted molar refractivity (Wildman–Crippen MR) is 66.7 cm³/mol. The number of aldehydes is 2. The Labute approximate surface area is 99.9 Å². The number of hydrogen-bond donors (Lipinski definition) is 0. The van der Waals surface area contributed by atoms with Gasteiger partial charge in [-0.25, -0.2) is 0 Å². The van der Waals surface area contributed by atoms with Crippen LogP contribution in [0.25, 0.3) is 11.1 Å². The van der Waals surface area contributed by atoms with Crippen LogP contribution in [-0.4, -0.2) is 12.6 Å². The van der Waals surface area contributed by atoms with Gasteiger partial charge in [-0.15, -0.1) is 0 Å². The van der Waals surface area contributed by atoms with Crippen molar-refractivity contribution >= 4 is 12.6 Å². The van der Waals surface area contributed by atoms with Gasteiger partial charge in [0.1, 0.15) is 12.6 Å². The largest absolute Gasteiger partial charge is 0.302 e. The summed E-state index contributed by atoms with van der Waals surface area (Å²) in [5, 5.41) is 0. The summed E-state index contributed by atoms with van der Waals surface area (Å²) >= 11 is 0. The van der Waals surface area contributed by atoms with Crippen molar-refractivity contribution in [2.24, 2.45) is 0 Å². The fourth-order valence-electron chi connectivity index (χ4n) is 1.72. The molecule has 0 radical (unpaired) electrons. The van der Waals surface area contributed by atoms with Crippen LogP contribution >= 0.6 is 0 Å². The van der Waals surface area contributed by atoms with Gasteiger partial charge in [0.25, 0.3) is 0 Å². The zero-order valence-corrected chi connectivity index (χ0v) is 9.24. The fourth-order valence-corrected chi connectivity index (χ4v) is 1.72. The molecular weight excluding hydrogens is 212 g/mol. The zero-order valence-electron chi connectivity index (χ0n) is 9.24. The van der Waals surface area contributed by atoms with Gasteiger partial charge in [-0.2, -0.15) is 0 Å². The highest BCUT2D eigenvalue weighted by Gasteiger charge is 2.08. The van der Waals surface area contributed by atoms with E-state index in [1.165, 1.54) is 0 Å². The Morgan fingerprint density at radius 3 is 1.76 bits per heavy atom. The van der Waals surface area contributed by atoms with E-state index in [1.54, 1.807) is 0 Å². The average molecular weight is 224 g/mol. The molecule has 0 spiro atoms. The molecule has 2 rings (SSSR count). The van der Waals surface area contributed by atoms with Crippen LogP contribution in [0.3, 0.4) is 0 Å². The van der Waals surface area contributed by atoms with E-state index in [0.717, 1.165) is 16.7 Å². The first-order chi connectivity index (χ1) is 8.35. The van der Waals surface area contributed by atoms with Crippen molar-refractivity contribution in [2.75, 3.05) is 0 Å². The van der Waals surface area contributed by atoms with E-state index in [1.807, 2.05) is 54.6 Å². The topological polar surface area (TPSA) is 34.1 Å². The highest BCUT2D eigenvalue weighted by Crippen LogP contribution is 2.21. The Balaban J connectivity index is 2.30. The van der Waals surface area contributed by atoms with Crippen molar-refractivity contribution < 1.29 is 9.59 Å². The zero-order chi connectivity index (χ0) is 12.1. The van der Waals surface area contributed by atoms with E-state index in [0.29, 0.717) is 12.6 Å². The lowest BCUT2D eigenvalue weighted by molar-refractivity contribution is -0.116. The van der Waals surface area contributed by atoms with Gasteiger partial charge in [-0.3, -0.25) is 0 Å². The Hall–Kier alpha value is -2.22. The molecule has 0 aliphatic rings. The van der Waals surface area contributed by atoms with Gasteiger partial charge in [0.05, 0.1) is 5.92 Å². The first-order valence-electron chi connectivity index (χ1n) is 5.41. The number of carbonyl (C=O) groups is 2. The smallest absolute Gasteiger partial charge is 0.134 e. The molecule has 2 aromatic carbocycles. The molecule has 0 amide bonds. The Bertz CT molecular complexity index is 492. The molecule has 0 fully saturated rings. The van der Waals surface area contributed by atoms with E-state index in [9.17, 15) is 9.59 Å². The summed E-state index contributed by atoms with van der Waals surface area (Å²) in [7, 11) is 0. The maximum atomic E-state index is 10.7. The minimum atomic E-state index is -0.653. The van der Waals surface area contributed by atoms with Crippen LogP contribution in [0.4, 0.5) is 0 Å². The van der Waals surface area contributed by atoms with Crippen LogP contribution in [0.15, 0.2) is 54.6 Å². The lowest BCUT2D eigenvalue weighted by Crippen LogP contribution is -2.00. The fraction of sp³-hybridized carbons (Fsp3) is 0.0667. The summed E-state index contributed by atoms with van der Waals surface area (Å²) < 4.78 is 0. The van der Waals surface area contributed by atoms with Crippen molar-refractivity contribution in [3.05, 3.63) is 60.2 Å². The summed E-state index contributed by atoms with van der Waals surface area (Å²) in [6.45, 7) is 0. The molecule has 0 aliphatic heterocycles. The molecule has 0 heterocycles. The lowest BCUT2D eigenvalue weighted by Gasteiger charge is -2.05. The first kappa shape index (κ1) is 11.3. The molecule has 2 nitrogen and oxygen atoms in total. The van der Waals surface area contributed by atoms with E-state index in [4.69, 9.17) is 0 Å². The van der Waals surface area contributed by atoms with Crippen LogP contribution < -0.4 is 0 Å². The van der Waals surface area contributed by atoms with Crippen LogP contribution in [0.5, 0.6) is 0 Å². The summed E-state index contributed by atoms with van der Waals surface area (Å²) in [6.07, 6.45) is 1.31. The Morgan fingerprint density at radius 1 is 0.706 bits per heavy atom. The Kier molecular flexibility index (Phi) is 3.46. The molecular formula is C15H12O2. The number of rotatable bonds is 4. The van der Waals surface area contributed by atoms with E-state index < -0.39 is 5.92 Å². The molecule has 2 heteroatoms. The molecule has 0 atom stereocenters. The molecule has 0 aromatic heterocycles. The van der Waals surface area contributed by atoms with Gasteiger partial charge in [0.15, 0.2) is 0 Å². The molecule has 2 aromatic rings. The van der Waals surface area contributed by atoms with Crippen LogP contribution in [0, 0.1) is 0 Å². The molecule has 17 heavy (non-hydrogen) atoms. The normalized spacial score (nSPS) is 10.2. The minimum absolute atomic E-state index is 0.653. The van der Waals surface area contributed by atoms with Gasteiger partial charge in [0.2, 0.25) is 0 Å². The van der Waals surface area contributed by atoms with Crippen LogP contribution in [0.2, 0.25) is 0 Å². The first-order valence-corrected chi connectivity index (χ1v) is 5.41. The average Bonchev–Trinajstić information content (AvgIpc) is 2.42. The maximum Gasteiger partial charge on any atom is 0.134 e. The second-order valence-corrected chi connectivity index (χ2v) is 3.79. The lowest BCUT2D eigenvalue weighted by atomic mass is 9.98. The van der Waals surface area contributed by atoms with Crippen LogP contribution in [0.1, 0.15) is 11.5 Å². The number of carbonyl (C=O) groups excluding carboxylic acids is 2. The highest BCUT2D eigenvalue weighted by molar-refractivity contribution is 5.85. The van der Waals surface area contributed by atoms with Gasteiger partial charge >= 0.3 is 0 Å². The van der Waals surface area contributed by atoms with Gasteiger partial charge < -0.3 is 9.59 Å². The van der Waals surface area contributed by atoms with Gasteiger partial charge in [0, 0.05) is 0 Å². The molecule has 0 aliphatic carbocycles. The summed E-state index contributed by atoms with van der Waals surface area (Å²) in [4.78, 5) is 21.3. The third kappa shape index (κ3) is 2.48. The van der Waals surface area contributed by atoms with Crippen molar-refractivity contribution in [3.63, 3.8) is 0 Å². The van der Waals surface area contributed by atoms with E-state index in [-0.39, 0.29) is 0 Å². The summed E-state index contributed by atoms with van der Waals surface area (Å²) in [5.74, 6) is -0.653. The minimum Gasteiger partial charge on any atom is -0.302 e. The standard InChI is InChI=1S/C15H12O2/c16-10-15(11-17)14-8-6-13(7-9-14)12-4-2-1-3-5-12/h1-11,15H. The third-order valence-electron chi connectivity index (χ3n) is 2.70. The SMILES string of the molecule is O=CC(C=O)c1ccc(-c2ccccc2)cc1. The number of hydrogen-bond acceptors (Lipinski definition) is 2. The second-order valence-electron chi connectivity index (χ2n) is 3.79. The van der Waals surface area contributed by atoms with E-state index in [2.05, 4.69) is 0 Å². The Morgan fingerprint density at radius 2 is 1.24 bits per heavy atom. The van der Waals surface area contributed by atoms with Crippen LogP contribution in [-0.2, 0) is 9.59 Å². The number of benzene rings is 2. The third-order valence-corrected chi connectivity index (χ3v) is 2.70. The predicted octanol–water partition coefficient (Wildman–Crippen LogP) is 2.84. The molecule has 0 bridgehead atoms. The highest BCUT2D eigenvalue weighted by atomic mass is 16.1. The molecule has 0 saturated heterocycles. The van der Waals surface area contributed by atoms with E-state index >= 15 is 0 Å². The maximum absolute atomic E-state index is 10.7. The monoisotopic (exact) mass is 224 g/mol. The molecule has 0 N–H and O–H groups in total.